The molecular weight excluding hydrogens is 479 g/mol. The maximum Gasteiger partial charge on any atom is 0.418 e. The van der Waals surface area contributed by atoms with E-state index in [2.05, 4.69) is 15.1 Å². The molecule has 2 aliphatic heterocycles. The maximum absolute atomic E-state index is 13.7. The van der Waals surface area contributed by atoms with E-state index in [0.717, 1.165) is 16.9 Å². The molecular formula is C23H24F3N7O3. The average molecular weight is 503 g/mol. The van der Waals surface area contributed by atoms with E-state index in [9.17, 15) is 27.9 Å². The fourth-order valence-corrected chi connectivity index (χ4v) is 4.91. The summed E-state index contributed by atoms with van der Waals surface area (Å²) < 4.78 is 42.2. The number of nitrogens with two attached hydrogens (primary N) is 1. The molecule has 190 valence electrons. The smallest absolute Gasteiger partial charge is 0.382 e. The average Bonchev–Trinajstić information content (AvgIpc) is 3.44. The van der Waals surface area contributed by atoms with E-state index in [0.29, 0.717) is 38.2 Å². The molecule has 1 atom stereocenters. The van der Waals surface area contributed by atoms with E-state index in [1.165, 1.54) is 31.0 Å². The lowest BCUT2D eigenvalue weighted by Gasteiger charge is -2.33. The molecule has 3 aromatic rings. The normalized spacial score (nSPS) is 18.7. The fourth-order valence-electron chi connectivity index (χ4n) is 4.91. The standard InChI is InChI=1S/C23H24F3N7O3/c1-22(2,36)21(35)31-5-3-13(10-31)32-6-4-16-14(20(32)34)7-12(9-28-16)17-8-15(23(24,25)26)18-19(27)29-11-30-33(17)18/h7-9,11,13,36H,3-6,10H2,1-2H3,(H2,27,29,30). The lowest BCUT2D eigenvalue weighted by Crippen LogP contribution is -2.48. The number of nitrogens with zero attached hydrogens (tertiary/aromatic N) is 6. The quantitative estimate of drug-likeness (QED) is 0.557. The van der Waals surface area contributed by atoms with Gasteiger partial charge < -0.3 is 20.6 Å². The third-order valence-corrected chi connectivity index (χ3v) is 6.65. The fraction of sp³-hybridized carbons (Fsp3) is 0.435. The SMILES string of the molecule is CC(C)(O)C(=O)N1CCC(N2CCc3ncc(-c4cc(C(F)(F)F)c5c(N)ncnn45)cc3C2=O)C1. The molecule has 3 aromatic heterocycles. The molecule has 13 heteroatoms. The predicted octanol–water partition coefficient (Wildman–Crippen LogP) is 1.76. The van der Waals surface area contributed by atoms with E-state index in [4.69, 9.17) is 5.73 Å². The zero-order valence-electron chi connectivity index (χ0n) is 19.6. The predicted molar refractivity (Wildman–Crippen MR) is 122 cm³/mol. The summed E-state index contributed by atoms with van der Waals surface area (Å²) in [6.45, 7) is 3.97. The van der Waals surface area contributed by atoms with Gasteiger partial charge in [0.1, 0.15) is 17.4 Å². The molecule has 5 rings (SSSR count). The minimum absolute atomic E-state index is 0.0782. The first kappa shape index (κ1) is 24.0. The molecule has 0 aromatic carbocycles. The van der Waals surface area contributed by atoms with Crippen LogP contribution >= 0.6 is 0 Å². The van der Waals surface area contributed by atoms with Crippen LogP contribution in [0.25, 0.3) is 16.8 Å². The number of amides is 2. The minimum atomic E-state index is -4.69. The van der Waals surface area contributed by atoms with Crippen molar-refractivity contribution in [3.63, 3.8) is 0 Å². The van der Waals surface area contributed by atoms with Gasteiger partial charge in [-0.2, -0.15) is 18.3 Å². The maximum atomic E-state index is 13.7. The van der Waals surface area contributed by atoms with Crippen LogP contribution in [0.2, 0.25) is 0 Å². The van der Waals surface area contributed by atoms with Crippen LogP contribution in [0.5, 0.6) is 0 Å². The van der Waals surface area contributed by atoms with Crippen LogP contribution in [0.1, 0.15) is 41.9 Å². The number of fused-ring (bicyclic) bond motifs is 2. The van der Waals surface area contributed by atoms with E-state index in [1.807, 2.05) is 0 Å². The molecule has 5 heterocycles. The van der Waals surface area contributed by atoms with Gasteiger partial charge in [0.15, 0.2) is 5.82 Å². The van der Waals surface area contributed by atoms with Crippen LogP contribution in [0.3, 0.4) is 0 Å². The summed E-state index contributed by atoms with van der Waals surface area (Å²) in [4.78, 5) is 37.1. The number of anilines is 1. The van der Waals surface area contributed by atoms with Crippen LogP contribution in [0.4, 0.5) is 19.0 Å². The van der Waals surface area contributed by atoms with Gasteiger partial charge in [-0.15, -0.1) is 0 Å². The highest BCUT2D eigenvalue weighted by molar-refractivity contribution is 5.98. The molecule has 0 aliphatic carbocycles. The molecule has 0 radical (unpaired) electrons. The van der Waals surface area contributed by atoms with E-state index >= 15 is 0 Å². The zero-order valence-corrected chi connectivity index (χ0v) is 19.6. The third kappa shape index (κ3) is 3.92. The van der Waals surface area contributed by atoms with E-state index in [1.54, 1.807) is 4.90 Å². The second-order valence-corrected chi connectivity index (χ2v) is 9.57. The monoisotopic (exact) mass is 503 g/mol. The van der Waals surface area contributed by atoms with Crippen molar-refractivity contribution in [1.82, 2.24) is 29.4 Å². The summed E-state index contributed by atoms with van der Waals surface area (Å²) in [5, 5.41) is 14.0. The van der Waals surface area contributed by atoms with Gasteiger partial charge in [-0.25, -0.2) is 9.50 Å². The Morgan fingerprint density at radius 1 is 1.19 bits per heavy atom. The summed E-state index contributed by atoms with van der Waals surface area (Å²) in [6, 6.07) is 2.21. The lowest BCUT2D eigenvalue weighted by molar-refractivity contribution is -0.146. The van der Waals surface area contributed by atoms with Gasteiger partial charge in [0.05, 0.1) is 28.6 Å². The van der Waals surface area contributed by atoms with Gasteiger partial charge in [-0.1, -0.05) is 0 Å². The van der Waals surface area contributed by atoms with Crippen LogP contribution in [-0.2, 0) is 17.4 Å². The summed E-state index contributed by atoms with van der Waals surface area (Å²) in [5.41, 5.74) is 4.07. The van der Waals surface area contributed by atoms with Crippen molar-refractivity contribution in [2.45, 2.75) is 44.5 Å². The first-order valence-electron chi connectivity index (χ1n) is 11.4. The van der Waals surface area contributed by atoms with E-state index < -0.39 is 23.2 Å². The molecule has 1 fully saturated rings. The van der Waals surface area contributed by atoms with Gasteiger partial charge in [-0.05, 0) is 32.4 Å². The number of carbonyl (C=O) groups excluding carboxylic acids is 2. The molecule has 2 amide bonds. The van der Waals surface area contributed by atoms with Crippen molar-refractivity contribution in [3.05, 3.63) is 41.5 Å². The van der Waals surface area contributed by atoms with Gasteiger partial charge in [0, 0.05) is 37.8 Å². The first-order valence-corrected chi connectivity index (χ1v) is 11.4. The first-order chi connectivity index (χ1) is 16.9. The third-order valence-electron chi connectivity index (χ3n) is 6.65. The van der Waals surface area contributed by atoms with Crippen LogP contribution in [0, 0.1) is 0 Å². The number of alkyl halides is 3. The van der Waals surface area contributed by atoms with Crippen LogP contribution in [0.15, 0.2) is 24.7 Å². The Hall–Kier alpha value is -3.74. The molecule has 0 bridgehead atoms. The van der Waals surface area contributed by atoms with Gasteiger partial charge in [0.2, 0.25) is 0 Å². The number of likely N-dealkylation sites (tertiary alicyclic amines) is 1. The minimum Gasteiger partial charge on any atom is -0.382 e. The summed E-state index contributed by atoms with van der Waals surface area (Å²) >= 11 is 0. The second-order valence-electron chi connectivity index (χ2n) is 9.57. The summed E-state index contributed by atoms with van der Waals surface area (Å²) in [6.07, 6.45) is -1.18. The van der Waals surface area contributed by atoms with Crippen molar-refractivity contribution in [1.29, 1.82) is 0 Å². The second kappa shape index (κ2) is 8.15. The number of aliphatic hydroxyl groups is 1. The molecule has 1 saturated heterocycles. The molecule has 0 spiro atoms. The number of rotatable bonds is 3. The topological polar surface area (TPSA) is 130 Å². The Labute approximate surface area is 203 Å². The Balaban J connectivity index is 1.48. The van der Waals surface area contributed by atoms with Crippen LogP contribution < -0.4 is 5.73 Å². The van der Waals surface area contributed by atoms with Gasteiger partial charge in [-0.3, -0.25) is 14.6 Å². The van der Waals surface area contributed by atoms with Crippen molar-refractivity contribution >= 4 is 23.1 Å². The van der Waals surface area contributed by atoms with Gasteiger partial charge in [0.25, 0.3) is 11.8 Å². The molecule has 2 aliphatic rings. The molecule has 36 heavy (non-hydrogen) atoms. The highest BCUT2D eigenvalue weighted by Crippen LogP contribution is 2.39. The number of nitrogen functional groups attached to an aromatic ring is 1. The lowest BCUT2D eigenvalue weighted by atomic mass is 10.00. The Kier molecular flexibility index (Phi) is 5.43. The summed E-state index contributed by atoms with van der Waals surface area (Å²) in [5.74, 6) is -1.03. The van der Waals surface area contributed by atoms with Crippen molar-refractivity contribution in [3.8, 4) is 11.3 Å². The molecule has 1 unspecified atom stereocenters. The number of carbonyl (C=O) groups is 2. The van der Waals surface area contributed by atoms with Crippen molar-refractivity contribution in [2.75, 3.05) is 25.4 Å². The number of aromatic nitrogens is 4. The highest BCUT2D eigenvalue weighted by atomic mass is 19.4. The van der Waals surface area contributed by atoms with Crippen molar-refractivity contribution in [2.24, 2.45) is 0 Å². The number of pyridine rings is 1. The Bertz CT molecular complexity index is 1380. The number of hydrogen-bond donors (Lipinski definition) is 2. The Morgan fingerprint density at radius 2 is 1.94 bits per heavy atom. The molecule has 0 saturated carbocycles. The number of halogens is 3. The highest BCUT2D eigenvalue weighted by Gasteiger charge is 2.40. The number of hydrogen-bond acceptors (Lipinski definition) is 7. The van der Waals surface area contributed by atoms with Gasteiger partial charge >= 0.3 is 6.18 Å². The van der Waals surface area contributed by atoms with Crippen molar-refractivity contribution < 1.29 is 27.9 Å². The zero-order chi connectivity index (χ0) is 26.0. The van der Waals surface area contributed by atoms with E-state index in [-0.39, 0.29) is 40.1 Å². The summed E-state index contributed by atoms with van der Waals surface area (Å²) in [7, 11) is 0. The Morgan fingerprint density at radius 3 is 2.64 bits per heavy atom. The molecule has 3 N–H and O–H groups in total. The largest absolute Gasteiger partial charge is 0.418 e. The van der Waals surface area contributed by atoms with Crippen LogP contribution in [-0.4, -0.2) is 77.6 Å². The molecule has 10 nitrogen and oxygen atoms in total.